The first-order valence-corrected chi connectivity index (χ1v) is 9.89. The van der Waals surface area contributed by atoms with Crippen molar-refractivity contribution in [2.45, 2.75) is 30.5 Å². The van der Waals surface area contributed by atoms with Crippen molar-refractivity contribution in [2.24, 2.45) is 0 Å². The van der Waals surface area contributed by atoms with Crippen LogP contribution in [0.2, 0.25) is 0 Å². The summed E-state index contributed by atoms with van der Waals surface area (Å²) in [5, 5.41) is 12.3. The normalized spacial score (nSPS) is 13.8. The van der Waals surface area contributed by atoms with Crippen LogP contribution in [0.5, 0.6) is 0 Å². The molecule has 2 aromatic heterocycles. The van der Waals surface area contributed by atoms with E-state index in [0.29, 0.717) is 16.9 Å². The maximum Gasteiger partial charge on any atom is 0.236 e. The van der Waals surface area contributed by atoms with Crippen LogP contribution in [0.4, 0.5) is 5.13 Å². The van der Waals surface area contributed by atoms with Crippen LogP contribution < -0.4 is 5.32 Å². The number of aromatic nitrogens is 4. The van der Waals surface area contributed by atoms with Gasteiger partial charge in [0.1, 0.15) is 6.33 Å². The van der Waals surface area contributed by atoms with Crippen LogP contribution in [0, 0.1) is 0 Å². The fraction of sp³-hybridized carbons (Fsp3) is 0.294. The highest BCUT2D eigenvalue weighted by molar-refractivity contribution is 7.99. The molecule has 1 aliphatic rings. The van der Waals surface area contributed by atoms with Crippen molar-refractivity contribution in [1.29, 1.82) is 0 Å². The fourth-order valence-corrected chi connectivity index (χ4v) is 4.11. The topological polar surface area (TPSA) is 72.7 Å². The molecule has 0 unspecified atom stereocenters. The third kappa shape index (κ3) is 4.26. The number of thiazole rings is 1. The second-order valence-electron chi connectivity index (χ2n) is 5.88. The molecule has 6 nitrogen and oxygen atoms in total. The maximum absolute atomic E-state index is 12.1. The van der Waals surface area contributed by atoms with Crippen LogP contribution in [0.1, 0.15) is 29.3 Å². The van der Waals surface area contributed by atoms with Crippen molar-refractivity contribution in [3.63, 3.8) is 0 Å². The molecule has 0 atom stereocenters. The SMILES string of the molecule is O=C(CSc1nncn1C1CC1)Nc1ncc(Cc2ccccc2)s1. The van der Waals surface area contributed by atoms with Crippen molar-refractivity contribution in [3.05, 3.63) is 53.3 Å². The Labute approximate surface area is 153 Å². The van der Waals surface area contributed by atoms with E-state index in [0.717, 1.165) is 16.5 Å². The number of rotatable bonds is 7. The van der Waals surface area contributed by atoms with E-state index in [2.05, 4.69) is 37.2 Å². The summed E-state index contributed by atoms with van der Waals surface area (Å²) in [5.41, 5.74) is 1.24. The number of hydrogen-bond donors (Lipinski definition) is 1. The van der Waals surface area contributed by atoms with Gasteiger partial charge >= 0.3 is 0 Å². The molecule has 0 radical (unpaired) electrons. The molecule has 1 amide bonds. The molecule has 1 aliphatic carbocycles. The zero-order valence-electron chi connectivity index (χ0n) is 13.5. The highest BCUT2D eigenvalue weighted by Crippen LogP contribution is 2.37. The van der Waals surface area contributed by atoms with E-state index in [1.807, 2.05) is 24.4 Å². The lowest BCUT2D eigenvalue weighted by Crippen LogP contribution is -2.14. The van der Waals surface area contributed by atoms with Gasteiger partial charge in [0.2, 0.25) is 5.91 Å². The zero-order valence-corrected chi connectivity index (χ0v) is 15.1. The van der Waals surface area contributed by atoms with Gasteiger partial charge in [0, 0.05) is 23.5 Å². The van der Waals surface area contributed by atoms with Gasteiger partial charge in [-0.25, -0.2) is 4.98 Å². The Morgan fingerprint density at radius 2 is 2.16 bits per heavy atom. The van der Waals surface area contributed by atoms with Gasteiger partial charge in [-0.1, -0.05) is 42.1 Å². The fourth-order valence-electron chi connectivity index (χ4n) is 2.47. The molecule has 128 valence electrons. The number of nitrogens with one attached hydrogen (secondary N) is 1. The molecule has 0 aliphatic heterocycles. The number of nitrogens with zero attached hydrogens (tertiary/aromatic N) is 4. The summed E-state index contributed by atoms with van der Waals surface area (Å²) in [6, 6.07) is 10.7. The van der Waals surface area contributed by atoms with Gasteiger partial charge in [-0.05, 0) is 18.4 Å². The van der Waals surface area contributed by atoms with Gasteiger partial charge in [-0.3, -0.25) is 4.79 Å². The van der Waals surface area contributed by atoms with Gasteiger partial charge < -0.3 is 9.88 Å². The summed E-state index contributed by atoms with van der Waals surface area (Å²) in [4.78, 5) is 17.6. The Hall–Kier alpha value is -2.19. The quantitative estimate of drug-likeness (QED) is 0.645. The van der Waals surface area contributed by atoms with Crippen LogP contribution in [0.3, 0.4) is 0 Å². The first-order valence-electron chi connectivity index (χ1n) is 8.09. The van der Waals surface area contributed by atoms with Gasteiger partial charge in [0.15, 0.2) is 10.3 Å². The molecule has 4 rings (SSSR count). The minimum Gasteiger partial charge on any atom is -0.306 e. The van der Waals surface area contributed by atoms with Crippen LogP contribution in [0.25, 0.3) is 0 Å². The number of anilines is 1. The lowest BCUT2D eigenvalue weighted by molar-refractivity contribution is -0.113. The molecule has 1 saturated carbocycles. The van der Waals surface area contributed by atoms with E-state index in [9.17, 15) is 4.79 Å². The second-order valence-corrected chi connectivity index (χ2v) is 7.94. The summed E-state index contributed by atoms with van der Waals surface area (Å²) in [6.45, 7) is 0. The van der Waals surface area contributed by atoms with Gasteiger partial charge in [0.05, 0.1) is 5.75 Å². The van der Waals surface area contributed by atoms with Crippen LogP contribution in [-0.2, 0) is 11.2 Å². The molecule has 1 fully saturated rings. The Kier molecular flexibility index (Phi) is 4.80. The Bertz CT molecular complexity index is 857. The summed E-state index contributed by atoms with van der Waals surface area (Å²) in [7, 11) is 0. The summed E-state index contributed by atoms with van der Waals surface area (Å²) in [6.07, 6.45) is 6.73. The number of benzene rings is 1. The predicted octanol–water partition coefficient (Wildman–Crippen LogP) is 3.39. The first kappa shape index (κ1) is 16.3. The predicted molar refractivity (Wildman–Crippen MR) is 99.0 cm³/mol. The molecule has 3 aromatic rings. The zero-order chi connectivity index (χ0) is 17.1. The largest absolute Gasteiger partial charge is 0.306 e. The molecular formula is C17H17N5OS2. The smallest absolute Gasteiger partial charge is 0.236 e. The monoisotopic (exact) mass is 371 g/mol. The van der Waals surface area contributed by atoms with E-state index < -0.39 is 0 Å². The Morgan fingerprint density at radius 3 is 2.96 bits per heavy atom. The molecule has 0 saturated heterocycles. The molecule has 25 heavy (non-hydrogen) atoms. The van der Waals surface area contributed by atoms with Gasteiger partial charge in [-0.15, -0.1) is 21.5 Å². The van der Waals surface area contributed by atoms with Crippen LogP contribution >= 0.6 is 23.1 Å². The third-order valence-electron chi connectivity index (χ3n) is 3.83. The van der Waals surface area contributed by atoms with E-state index in [1.54, 1.807) is 6.33 Å². The van der Waals surface area contributed by atoms with E-state index in [1.165, 1.54) is 41.5 Å². The van der Waals surface area contributed by atoms with Crippen molar-refractivity contribution in [3.8, 4) is 0 Å². The van der Waals surface area contributed by atoms with E-state index in [4.69, 9.17) is 0 Å². The summed E-state index contributed by atoms with van der Waals surface area (Å²) in [5.74, 6) is 0.231. The third-order valence-corrected chi connectivity index (χ3v) is 5.70. The number of amides is 1. The minimum absolute atomic E-state index is 0.0732. The summed E-state index contributed by atoms with van der Waals surface area (Å²) < 4.78 is 2.05. The van der Waals surface area contributed by atoms with E-state index >= 15 is 0 Å². The van der Waals surface area contributed by atoms with Gasteiger partial charge in [0.25, 0.3) is 0 Å². The minimum atomic E-state index is -0.0732. The van der Waals surface area contributed by atoms with Gasteiger partial charge in [-0.2, -0.15) is 0 Å². The summed E-state index contributed by atoms with van der Waals surface area (Å²) >= 11 is 2.92. The lowest BCUT2D eigenvalue weighted by atomic mass is 10.1. The number of carbonyl (C=O) groups is 1. The molecule has 0 spiro atoms. The Morgan fingerprint density at radius 1 is 1.32 bits per heavy atom. The molecule has 8 heteroatoms. The number of carbonyl (C=O) groups excluding carboxylic acids is 1. The number of hydrogen-bond acceptors (Lipinski definition) is 6. The average Bonchev–Trinajstić information content (AvgIpc) is 3.20. The van der Waals surface area contributed by atoms with Crippen LogP contribution in [-0.4, -0.2) is 31.4 Å². The Balaban J connectivity index is 1.30. The van der Waals surface area contributed by atoms with Crippen molar-refractivity contribution >= 4 is 34.1 Å². The molecule has 0 bridgehead atoms. The molecule has 1 aromatic carbocycles. The lowest BCUT2D eigenvalue weighted by Gasteiger charge is -2.04. The second kappa shape index (κ2) is 7.37. The van der Waals surface area contributed by atoms with E-state index in [-0.39, 0.29) is 5.91 Å². The molecule has 2 heterocycles. The van der Waals surface area contributed by atoms with Crippen LogP contribution in [0.15, 0.2) is 48.0 Å². The van der Waals surface area contributed by atoms with Crippen molar-refractivity contribution < 1.29 is 4.79 Å². The molecule has 1 N–H and O–H groups in total. The van der Waals surface area contributed by atoms with Crippen molar-refractivity contribution in [2.75, 3.05) is 11.1 Å². The molecular weight excluding hydrogens is 354 g/mol. The highest BCUT2D eigenvalue weighted by atomic mass is 32.2. The maximum atomic E-state index is 12.1. The standard InChI is InChI=1S/C17H17N5OS2/c23-15(10-24-17-21-19-11-22(17)13-6-7-13)20-16-18-9-14(25-16)8-12-4-2-1-3-5-12/h1-5,9,11,13H,6-8,10H2,(H,18,20,23). The average molecular weight is 371 g/mol. The highest BCUT2D eigenvalue weighted by Gasteiger charge is 2.26. The number of thioether (sulfide) groups is 1. The van der Waals surface area contributed by atoms with Crippen molar-refractivity contribution in [1.82, 2.24) is 19.7 Å². The first-order chi connectivity index (χ1) is 12.3.